The summed E-state index contributed by atoms with van der Waals surface area (Å²) in [5, 5.41) is 8.43. The van der Waals surface area contributed by atoms with E-state index in [9.17, 15) is 4.79 Å². The highest BCUT2D eigenvalue weighted by molar-refractivity contribution is 5.69. The molecule has 13 heavy (non-hydrogen) atoms. The molecule has 0 radical (unpaired) electrons. The molecular formula is C10H20O3. The number of carbonyl (C=O) groups is 1. The minimum absolute atomic E-state index is 0.0864. The average molecular weight is 188 g/mol. The van der Waals surface area contributed by atoms with Gasteiger partial charge in [0.1, 0.15) is 0 Å². The number of hydrogen-bond acceptors (Lipinski definition) is 3. The first-order chi connectivity index (χ1) is 6.31. The number of unbranched alkanes of at least 4 members (excludes halogenated alkanes) is 3. The molecule has 0 aliphatic carbocycles. The molecule has 0 aromatic heterocycles. The van der Waals surface area contributed by atoms with Gasteiger partial charge in [0.25, 0.3) is 0 Å². The Morgan fingerprint density at radius 3 is 2.62 bits per heavy atom. The van der Waals surface area contributed by atoms with E-state index in [1.165, 1.54) is 12.8 Å². The predicted molar refractivity (Wildman–Crippen MR) is 51.4 cm³/mol. The highest BCUT2D eigenvalue weighted by Crippen LogP contribution is 2.03. The maximum absolute atomic E-state index is 11.0. The van der Waals surface area contributed by atoms with Crippen LogP contribution in [-0.4, -0.2) is 24.3 Å². The minimum Gasteiger partial charge on any atom is -0.466 e. The Balaban J connectivity index is 3.11. The van der Waals surface area contributed by atoms with E-state index in [2.05, 4.69) is 6.92 Å². The molecule has 0 rings (SSSR count). The van der Waals surface area contributed by atoms with E-state index < -0.39 is 0 Å². The molecular weight excluding hydrogens is 168 g/mol. The number of aliphatic hydroxyl groups excluding tert-OH is 1. The molecule has 3 nitrogen and oxygen atoms in total. The fourth-order valence-electron chi connectivity index (χ4n) is 1.02. The summed E-state index contributed by atoms with van der Waals surface area (Å²) in [6.07, 6.45) is 5.45. The number of ether oxygens (including phenoxy) is 1. The molecule has 0 unspecified atom stereocenters. The van der Waals surface area contributed by atoms with E-state index in [-0.39, 0.29) is 12.6 Å². The highest BCUT2D eigenvalue weighted by atomic mass is 16.5. The number of esters is 1. The molecule has 3 heteroatoms. The van der Waals surface area contributed by atoms with Gasteiger partial charge in [-0.1, -0.05) is 26.2 Å². The fourth-order valence-corrected chi connectivity index (χ4v) is 1.02. The van der Waals surface area contributed by atoms with Gasteiger partial charge in [-0.2, -0.15) is 0 Å². The average Bonchev–Trinajstić information content (AvgIpc) is 2.13. The first-order valence-electron chi connectivity index (χ1n) is 5.07. The van der Waals surface area contributed by atoms with E-state index in [4.69, 9.17) is 9.84 Å². The van der Waals surface area contributed by atoms with E-state index in [1.807, 2.05) is 0 Å². The summed E-state index contributed by atoms with van der Waals surface area (Å²) in [4.78, 5) is 11.0. The Morgan fingerprint density at radius 2 is 2.00 bits per heavy atom. The van der Waals surface area contributed by atoms with Crippen LogP contribution in [-0.2, 0) is 9.53 Å². The first kappa shape index (κ1) is 12.4. The highest BCUT2D eigenvalue weighted by Gasteiger charge is 2.00. The van der Waals surface area contributed by atoms with Crippen LogP contribution in [0.25, 0.3) is 0 Å². The van der Waals surface area contributed by atoms with Crippen LogP contribution in [0.1, 0.15) is 45.4 Å². The zero-order valence-corrected chi connectivity index (χ0v) is 8.42. The van der Waals surface area contributed by atoms with Crippen molar-refractivity contribution in [1.29, 1.82) is 0 Å². The van der Waals surface area contributed by atoms with Crippen molar-refractivity contribution in [2.75, 3.05) is 13.2 Å². The summed E-state index contributed by atoms with van der Waals surface area (Å²) in [5.74, 6) is -0.135. The van der Waals surface area contributed by atoms with Gasteiger partial charge in [0.15, 0.2) is 0 Å². The molecule has 0 aliphatic rings. The molecule has 0 spiro atoms. The van der Waals surface area contributed by atoms with E-state index in [1.54, 1.807) is 0 Å². The van der Waals surface area contributed by atoms with Crippen LogP contribution < -0.4 is 0 Å². The summed E-state index contributed by atoms with van der Waals surface area (Å²) >= 11 is 0. The Bertz CT molecular complexity index is 123. The number of hydrogen-bond donors (Lipinski definition) is 1. The molecule has 0 bridgehead atoms. The lowest BCUT2D eigenvalue weighted by molar-refractivity contribution is -0.144. The van der Waals surface area contributed by atoms with E-state index in [0.29, 0.717) is 19.4 Å². The monoisotopic (exact) mass is 188 g/mol. The van der Waals surface area contributed by atoms with Crippen molar-refractivity contribution in [2.24, 2.45) is 0 Å². The molecule has 0 aromatic carbocycles. The van der Waals surface area contributed by atoms with Crippen LogP contribution in [0.4, 0.5) is 0 Å². The van der Waals surface area contributed by atoms with Gasteiger partial charge in [-0.05, 0) is 6.42 Å². The topological polar surface area (TPSA) is 46.5 Å². The van der Waals surface area contributed by atoms with Gasteiger partial charge in [-0.15, -0.1) is 0 Å². The maximum atomic E-state index is 11.0. The summed E-state index contributed by atoms with van der Waals surface area (Å²) in [5.41, 5.74) is 0. The third kappa shape index (κ3) is 9.34. The van der Waals surface area contributed by atoms with Gasteiger partial charge >= 0.3 is 5.97 Å². The van der Waals surface area contributed by atoms with Gasteiger partial charge < -0.3 is 9.84 Å². The molecule has 0 aromatic rings. The minimum atomic E-state index is -0.135. The molecule has 0 saturated heterocycles. The molecule has 0 heterocycles. The van der Waals surface area contributed by atoms with Crippen molar-refractivity contribution < 1.29 is 14.6 Å². The second-order valence-corrected chi connectivity index (χ2v) is 3.11. The normalized spacial score (nSPS) is 10.0. The third-order valence-corrected chi connectivity index (χ3v) is 1.80. The Hall–Kier alpha value is -0.570. The quantitative estimate of drug-likeness (QED) is 0.467. The van der Waals surface area contributed by atoms with Gasteiger partial charge in [0.05, 0.1) is 6.61 Å². The van der Waals surface area contributed by atoms with Crippen molar-refractivity contribution >= 4 is 5.97 Å². The van der Waals surface area contributed by atoms with Crippen molar-refractivity contribution in [2.45, 2.75) is 45.4 Å². The zero-order chi connectivity index (χ0) is 9.94. The summed E-state index contributed by atoms with van der Waals surface area (Å²) in [6.45, 7) is 2.58. The van der Waals surface area contributed by atoms with Crippen molar-refractivity contribution in [3.8, 4) is 0 Å². The summed E-state index contributed by atoms with van der Waals surface area (Å²) in [7, 11) is 0. The molecule has 0 saturated carbocycles. The van der Waals surface area contributed by atoms with Crippen molar-refractivity contribution in [3.05, 3.63) is 0 Å². The standard InChI is InChI=1S/C10H20O3/c1-2-3-4-5-7-10(12)13-9-6-8-11/h11H,2-9H2,1H3. The molecule has 0 fully saturated rings. The SMILES string of the molecule is CCCCCCC(=O)OCCCO. The van der Waals surface area contributed by atoms with Crippen LogP contribution >= 0.6 is 0 Å². The Kier molecular flexibility index (Phi) is 9.10. The van der Waals surface area contributed by atoms with E-state index >= 15 is 0 Å². The zero-order valence-electron chi connectivity index (χ0n) is 8.42. The maximum Gasteiger partial charge on any atom is 0.305 e. The van der Waals surface area contributed by atoms with E-state index in [0.717, 1.165) is 12.8 Å². The van der Waals surface area contributed by atoms with Gasteiger partial charge in [-0.25, -0.2) is 0 Å². The second kappa shape index (κ2) is 9.52. The van der Waals surface area contributed by atoms with Gasteiger partial charge in [-0.3, -0.25) is 4.79 Å². The number of rotatable bonds is 8. The predicted octanol–water partition coefficient (Wildman–Crippen LogP) is 1.88. The van der Waals surface area contributed by atoms with Gasteiger partial charge in [0, 0.05) is 19.4 Å². The van der Waals surface area contributed by atoms with Crippen LogP contribution in [0.3, 0.4) is 0 Å². The largest absolute Gasteiger partial charge is 0.466 e. The first-order valence-corrected chi connectivity index (χ1v) is 5.07. The summed E-state index contributed by atoms with van der Waals surface area (Å²) < 4.78 is 4.86. The van der Waals surface area contributed by atoms with Crippen LogP contribution in [0, 0.1) is 0 Å². The Labute approximate surface area is 80.1 Å². The second-order valence-electron chi connectivity index (χ2n) is 3.11. The molecule has 78 valence electrons. The lowest BCUT2D eigenvalue weighted by Gasteiger charge is -2.02. The molecule has 0 aliphatic heterocycles. The fraction of sp³-hybridized carbons (Fsp3) is 0.900. The van der Waals surface area contributed by atoms with Crippen LogP contribution in [0.5, 0.6) is 0 Å². The number of carbonyl (C=O) groups excluding carboxylic acids is 1. The number of aliphatic hydroxyl groups is 1. The summed E-state index contributed by atoms with van der Waals surface area (Å²) in [6, 6.07) is 0. The lowest BCUT2D eigenvalue weighted by Crippen LogP contribution is -2.06. The third-order valence-electron chi connectivity index (χ3n) is 1.80. The smallest absolute Gasteiger partial charge is 0.305 e. The molecule has 0 atom stereocenters. The van der Waals surface area contributed by atoms with Crippen molar-refractivity contribution in [1.82, 2.24) is 0 Å². The lowest BCUT2D eigenvalue weighted by atomic mass is 10.2. The van der Waals surface area contributed by atoms with Crippen molar-refractivity contribution in [3.63, 3.8) is 0 Å². The molecule has 0 amide bonds. The Morgan fingerprint density at radius 1 is 1.23 bits per heavy atom. The van der Waals surface area contributed by atoms with Crippen LogP contribution in [0.2, 0.25) is 0 Å². The molecule has 1 N–H and O–H groups in total. The van der Waals surface area contributed by atoms with Crippen LogP contribution in [0.15, 0.2) is 0 Å². The van der Waals surface area contributed by atoms with Gasteiger partial charge in [0.2, 0.25) is 0 Å².